The van der Waals surface area contributed by atoms with E-state index >= 15 is 0 Å². The number of halogens is 1. The Morgan fingerprint density at radius 1 is 1.22 bits per heavy atom. The number of rotatable bonds is 6. The van der Waals surface area contributed by atoms with E-state index in [-0.39, 0.29) is 29.5 Å². The Kier molecular flexibility index (Phi) is 9.14. The number of likely N-dealkylation sites (tertiary alicyclic amines) is 1. The van der Waals surface area contributed by atoms with Gasteiger partial charge in [-0.2, -0.15) is 0 Å². The van der Waals surface area contributed by atoms with Crippen molar-refractivity contribution in [1.82, 2.24) is 4.90 Å². The van der Waals surface area contributed by atoms with Gasteiger partial charge in [0.25, 0.3) is 0 Å². The monoisotopic (exact) mass is 490 g/mol. The van der Waals surface area contributed by atoms with E-state index in [0.717, 1.165) is 36.4 Å². The summed E-state index contributed by atoms with van der Waals surface area (Å²) in [6.45, 7) is 12.0. The van der Waals surface area contributed by atoms with Crippen molar-refractivity contribution in [3.8, 4) is 11.5 Å². The maximum Gasteiger partial charge on any atom is 0.193 e. The summed E-state index contributed by atoms with van der Waals surface area (Å²) in [6, 6.07) is 5.54. The number of nitrogens with zero attached hydrogens (tertiary/aromatic N) is 2. The fourth-order valence-corrected chi connectivity index (χ4v) is 3.63. The molecule has 2 rings (SSSR count). The second kappa shape index (κ2) is 10.4. The van der Waals surface area contributed by atoms with Gasteiger partial charge in [-0.1, -0.05) is 13.8 Å². The zero-order chi connectivity index (χ0) is 19.3. The van der Waals surface area contributed by atoms with E-state index in [2.05, 4.69) is 42.9 Å². The van der Waals surface area contributed by atoms with Gasteiger partial charge in [0, 0.05) is 24.7 Å². The van der Waals surface area contributed by atoms with E-state index in [0.29, 0.717) is 18.3 Å². The predicted molar refractivity (Wildman–Crippen MR) is 124 cm³/mol. The van der Waals surface area contributed by atoms with E-state index in [1.54, 1.807) is 14.2 Å². The molecule has 6 nitrogen and oxygen atoms in total. The molecule has 1 aromatic rings. The van der Waals surface area contributed by atoms with Crippen molar-refractivity contribution in [3.63, 3.8) is 0 Å². The maximum absolute atomic E-state index is 6.14. The molecular formula is C20H35IN4O2. The van der Waals surface area contributed by atoms with Gasteiger partial charge in [0.15, 0.2) is 5.96 Å². The summed E-state index contributed by atoms with van der Waals surface area (Å²) >= 11 is 0. The van der Waals surface area contributed by atoms with Gasteiger partial charge < -0.3 is 20.5 Å². The number of nitrogens with one attached hydrogen (secondary N) is 1. The third kappa shape index (κ3) is 6.71. The molecule has 0 spiro atoms. The average molecular weight is 490 g/mol. The minimum Gasteiger partial charge on any atom is -0.497 e. The zero-order valence-electron chi connectivity index (χ0n) is 17.4. The van der Waals surface area contributed by atoms with Crippen LogP contribution in [0.5, 0.6) is 11.5 Å². The van der Waals surface area contributed by atoms with E-state index < -0.39 is 0 Å². The zero-order valence-corrected chi connectivity index (χ0v) is 19.7. The number of ether oxygens (including phenoxy) is 2. The van der Waals surface area contributed by atoms with Gasteiger partial charge >= 0.3 is 0 Å². The highest BCUT2D eigenvalue weighted by Gasteiger charge is 2.32. The molecule has 1 aliphatic heterocycles. The minimum absolute atomic E-state index is 0. The Morgan fingerprint density at radius 3 is 2.41 bits per heavy atom. The molecule has 0 aromatic heterocycles. The van der Waals surface area contributed by atoms with Crippen LogP contribution in [0.2, 0.25) is 0 Å². The van der Waals surface area contributed by atoms with Crippen molar-refractivity contribution in [3.05, 3.63) is 18.2 Å². The molecule has 1 heterocycles. The molecular weight excluding hydrogens is 455 g/mol. The summed E-state index contributed by atoms with van der Waals surface area (Å²) in [6.07, 6.45) is 1.30. The minimum atomic E-state index is -0.0340. The van der Waals surface area contributed by atoms with Crippen LogP contribution >= 0.6 is 24.0 Å². The topological polar surface area (TPSA) is 72.1 Å². The number of benzene rings is 1. The number of guanidine groups is 1. The van der Waals surface area contributed by atoms with Crippen molar-refractivity contribution in [2.75, 3.05) is 39.2 Å². The highest BCUT2D eigenvalue weighted by Crippen LogP contribution is 2.29. The fraction of sp³-hybridized carbons (Fsp3) is 0.650. The molecule has 1 aliphatic rings. The standard InChI is InChI=1S/C20H34N4O2.HI/c1-14-9-15(2)12-24(11-14)20(3,4)13-22-19(21)23-17-10-16(25-5)7-8-18(17)26-6;/h7-8,10,14-15H,9,11-13H2,1-6H3,(H3,21,22,23);1H. The highest BCUT2D eigenvalue weighted by molar-refractivity contribution is 14.0. The number of nitrogens with two attached hydrogens (primary N) is 1. The van der Waals surface area contributed by atoms with Gasteiger partial charge in [-0.3, -0.25) is 9.89 Å². The SMILES string of the molecule is COc1ccc(OC)c(NC(N)=NCC(C)(C)N2CC(C)CC(C)C2)c1.I. The van der Waals surface area contributed by atoms with Crippen molar-refractivity contribution < 1.29 is 9.47 Å². The van der Waals surface area contributed by atoms with Crippen LogP contribution < -0.4 is 20.5 Å². The third-order valence-electron chi connectivity index (χ3n) is 5.03. The molecule has 27 heavy (non-hydrogen) atoms. The first-order chi connectivity index (χ1) is 12.2. The quantitative estimate of drug-likeness (QED) is 0.361. The lowest BCUT2D eigenvalue weighted by molar-refractivity contribution is 0.0513. The van der Waals surface area contributed by atoms with Crippen LogP contribution in [0.4, 0.5) is 5.69 Å². The number of anilines is 1. The van der Waals surface area contributed by atoms with Gasteiger partial charge in [-0.15, -0.1) is 24.0 Å². The summed E-state index contributed by atoms with van der Waals surface area (Å²) in [4.78, 5) is 7.13. The number of hydrogen-bond acceptors (Lipinski definition) is 4. The van der Waals surface area contributed by atoms with Gasteiger partial charge in [0.2, 0.25) is 0 Å². The first-order valence-electron chi connectivity index (χ1n) is 9.29. The molecule has 154 valence electrons. The van der Waals surface area contributed by atoms with E-state index in [9.17, 15) is 0 Å². The summed E-state index contributed by atoms with van der Waals surface area (Å²) in [5, 5.41) is 3.13. The lowest BCUT2D eigenvalue weighted by Crippen LogP contribution is -2.52. The largest absolute Gasteiger partial charge is 0.497 e. The Balaban J connectivity index is 0.00000364. The fourth-order valence-electron chi connectivity index (χ4n) is 3.63. The predicted octanol–water partition coefficient (Wildman–Crippen LogP) is 3.80. The smallest absolute Gasteiger partial charge is 0.193 e. The van der Waals surface area contributed by atoms with Crippen LogP contribution in [0.25, 0.3) is 0 Å². The maximum atomic E-state index is 6.14. The van der Waals surface area contributed by atoms with Crippen LogP contribution in [-0.2, 0) is 0 Å². The van der Waals surface area contributed by atoms with E-state index in [1.807, 2.05) is 18.2 Å². The molecule has 0 radical (unpaired) electrons. The molecule has 0 saturated carbocycles. The van der Waals surface area contributed by atoms with Crippen LogP contribution in [0.15, 0.2) is 23.2 Å². The van der Waals surface area contributed by atoms with E-state index in [4.69, 9.17) is 15.2 Å². The van der Waals surface area contributed by atoms with Crippen molar-refractivity contribution >= 4 is 35.6 Å². The number of methoxy groups -OCH3 is 2. The van der Waals surface area contributed by atoms with Crippen molar-refractivity contribution in [2.45, 2.75) is 39.7 Å². The first kappa shape index (κ1) is 23.8. The third-order valence-corrected chi connectivity index (χ3v) is 5.03. The Morgan fingerprint density at radius 2 is 1.85 bits per heavy atom. The normalized spacial score (nSPS) is 21.3. The van der Waals surface area contributed by atoms with Crippen LogP contribution in [-0.4, -0.2) is 50.3 Å². The molecule has 1 saturated heterocycles. The van der Waals surface area contributed by atoms with Crippen LogP contribution in [0, 0.1) is 11.8 Å². The average Bonchev–Trinajstić information content (AvgIpc) is 2.59. The second-order valence-corrected chi connectivity index (χ2v) is 8.06. The second-order valence-electron chi connectivity index (χ2n) is 8.06. The Bertz CT molecular complexity index is 626. The molecule has 7 heteroatoms. The van der Waals surface area contributed by atoms with Gasteiger partial charge in [0.1, 0.15) is 11.5 Å². The molecule has 0 amide bonds. The van der Waals surface area contributed by atoms with Crippen LogP contribution in [0.1, 0.15) is 34.1 Å². The highest BCUT2D eigenvalue weighted by atomic mass is 127. The lowest BCUT2D eigenvalue weighted by Gasteiger charge is -2.44. The summed E-state index contributed by atoms with van der Waals surface area (Å²) < 4.78 is 10.6. The molecule has 3 N–H and O–H groups in total. The molecule has 1 fully saturated rings. The summed E-state index contributed by atoms with van der Waals surface area (Å²) in [7, 11) is 3.26. The summed E-state index contributed by atoms with van der Waals surface area (Å²) in [5.74, 6) is 3.25. The Hall–Kier alpha value is -1.22. The van der Waals surface area contributed by atoms with E-state index in [1.165, 1.54) is 6.42 Å². The number of hydrogen-bond donors (Lipinski definition) is 2. The van der Waals surface area contributed by atoms with Gasteiger partial charge in [-0.05, 0) is 44.2 Å². The number of aliphatic imine (C=N–C) groups is 1. The van der Waals surface area contributed by atoms with Crippen molar-refractivity contribution in [2.24, 2.45) is 22.6 Å². The molecule has 1 aromatic carbocycles. The van der Waals surface area contributed by atoms with Crippen LogP contribution in [0.3, 0.4) is 0 Å². The van der Waals surface area contributed by atoms with Gasteiger partial charge in [-0.25, -0.2) is 0 Å². The Labute approximate surface area is 180 Å². The van der Waals surface area contributed by atoms with Gasteiger partial charge in [0.05, 0.1) is 26.5 Å². The molecule has 2 atom stereocenters. The summed E-state index contributed by atoms with van der Waals surface area (Å²) in [5.41, 5.74) is 6.84. The van der Waals surface area contributed by atoms with Crippen molar-refractivity contribution in [1.29, 1.82) is 0 Å². The first-order valence-corrected chi connectivity index (χ1v) is 9.29. The molecule has 2 unspecified atom stereocenters. The molecule has 0 aliphatic carbocycles. The molecule has 0 bridgehead atoms. The number of piperidine rings is 1. The lowest BCUT2D eigenvalue weighted by atomic mass is 9.88.